The van der Waals surface area contributed by atoms with Crippen LogP contribution in [0.5, 0.6) is 0 Å². The zero-order chi connectivity index (χ0) is 26.1. The van der Waals surface area contributed by atoms with E-state index in [4.69, 9.17) is 5.73 Å². The largest absolute Gasteiger partial charge is 0.391 e. The van der Waals surface area contributed by atoms with Crippen LogP contribution < -0.4 is 11.1 Å². The molecule has 0 bridgehead atoms. The van der Waals surface area contributed by atoms with Gasteiger partial charge in [0, 0.05) is 32.1 Å². The number of nitrogens with zero attached hydrogens (tertiary/aromatic N) is 4. The SMILES string of the molecule is CN(C)C[C@H](NC(=O)[C@@H]1C[C@@H](O)CN1C(=O)[C@@H](N)C(C)(C)C)c1ccc(-c2c(F)cnn2C)cc1.Cl. The summed E-state index contributed by atoms with van der Waals surface area (Å²) < 4.78 is 15.6. The molecule has 1 aliphatic rings. The van der Waals surface area contributed by atoms with Crippen LogP contribution in [0.4, 0.5) is 4.39 Å². The van der Waals surface area contributed by atoms with Crippen LogP contribution in [-0.4, -0.2) is 81.9 Å². The van der Waals surface area contributed by atoms with Crippen molar-refractivity contribution in [2.24, 2.45) is 18.2 Å². The van der Waals surface area contributed by atoms with Crippen molar-refractivity contribution in [1.82, 2.24) is 24.9 Å². The number of amides is 2. The van der Waals surface area contributed by atoms with Crippen molar-refractivity contribution < 1.29 is 19.1 Å². The van der Waals surface area contributed by atoms with Crippen LogP contribution in [0.3, 0.4) is 0 Å². The van der Waals surface area contributed by atoms with E-state index < -0.39 is 29.4 Å². The third-order valence-corrected chi connectivity index (χ3v) is 6.41. The van der Waals surface area contributed by atoms with Crippen molar-refractivity contribution in [3.8, 4) is 11.3 Å². The zero-order valence-electron chi connectivity index (χ0n) is 21.7. The van der Waals surface area contributed by atoms with Gasteiger partial charge in [-0.3, -0.25) is 14.3 Å². The van der Waals surface area contributed by atoms with Crippen LogP contribution in [0.25, 0.3) is 11.3 Å². The van der Waals surface area contributed by atoms with Gasteiger partial charge in [0.15, 0.2) is 5.82 Å². The summed E-state index contributed by atoms with van der Waals surface area (Å²) >= 11 is 0. The number of aromatic nitrogens is 2. The molecule has 2 aromatic rings. The second kappa shape index (κ2) is 11.7. The molecule has 200 valence electrons. The van der Waals surface area contributed by atoms with Crippen molar-refractivity contribution >= 4 is 24.2 Å². The highest BCUT2D eigenvalue weighted by atomic mass is 35.5. The van der Waals surface area contributed by atoms with Gasteiger partial charge in [-0.05, 0) is 25.1 Å². The predicted molar refractivity (Wildman–Crippen MR) is 139 cm³/mol. The smallest absolute Gasteiger partial charge is 0.243 e. The molecule has 36 heavy (non-hydrogen) atoms. The number of halogens is 2. The third kappa shape index (κ3) is 6.61. The first-order valence-electron chi connectivity index (χ1n) is 11.8. The fourth-order valence-corrected chi connectivity index (χ4v) is 4.33. The van der Waals surface area contributed by atoms with Crippen LogP contribution in [0.15, 0.2) is 30.5 Å². The maximum absolute atomic E-state index is 14.1. The van der Waals surface area contributed by atoms with Crippen molar-refractivity contribution in [2.45, 2.75) is 51.4 Å². The monoisotopic (exact) mass is 524 g/mol. The number of nitrogens with one attached hydrogen (secondary N) is 1. The summed E-state index contributed by atoms with van der Waals surface area (Å²) in [6.45, 7) is 6.18. The molecule has 2 heterocycles. The van der Waals surface area contributed by atoms with E-state index in [1.165, 1.54) is 15.8 Å². The number of aryl methyl sites for hydroxylation is 1. The molecule has 1 aromatic heterocycles. The number of likely N-dealkylation sites (N-methyl/N-ethyl adjacent to an activating group) is 1. The molecule has 0 saturated carbocycles. The normalized spacial score (nSPS) is 19.7. The highest BCUT2D eigenvalue weighted by Crippen LogP contribution is 2.27. The first-order valence-corrected chi connectivity index (χ1v) is 11.8. The number of aliphatic hydroxyl groups is 1. The van der Waals surface area contributed by atoms with E-state index in [1.807, 2.05) is 51.9 Å². The molecule has 1 fully saturated rings. The average molecular weight is 525 g/mol. The minimum Gasteiger partial charge on any atom is -0.391 e. The Labute approximate surface area is 218 Å². The summed E-state index contributed by atoms with van der Waals surface area (Å²) in [6, 6.07) is 5.30. The Morgan fingerprint density at radius 2 is 1.89 bits per heavy atom. The summed E-state index contributed by atoms with van der Waals surface area (Å²) in [5.41, 5.74) is 7.59. The molecule has 4 atom stereocenters. The molecular formula is C25H38ClFN6O3. The van der Waals surface area contributed by atoms with Gasteiger partial charge in [-0.25, -0.2) is 4.39 Å². The predicted octanol–water partition coefficient (Wildman–Crippen LogP) is 1.70. The minimum atomic E-state index is -0.807. The van der Waals surface area contributed by atoms with E-state index in [2.05, 4.69) is 10.4 Å². The number of benzene rings is 1. The second-order valence-electron chi connectivity index (χ2n) is 10.6. The number of aliphatic hydroxyl groups excluding tert-OH is 1. The van der Waals surface area contributed by atoms with Crippen molar-refractivity contribution in [2.75, 3.05) is 27.2 Å². The Kier molecular flexibility index (Phi) is 9.64. The molecule has 1 saturated heterocycles. The molecule has 1 aliphatic heterocycles. The Morgan fingerprint density at radius 1 is 1.28 bits per heavy atom. The highest BCUT2D eigenvalue weighted by molar-refractivity contribution is 5.91. The lowest BCUT2D eigenvalue weighted by Crippen LogP contribution is -2.55. The fraction of sp³-hybridized carbons (Fsp3) is 0.560. The molecule has 1 aromatic carbocycles. The van der Waals surface area contributed by atoms with Crippen molar-refractivity contribution in [3.05, 3.63) is 41.8 Å². The first-order chi connectivity index (χ1) is 16.3. The number of carbonyl (C=O) groups excluding carboxylic acids is 2. The quantitative estimate of drug-likeness (QED) is 0.507. The third-order valence-electron chi connectivity index (χ3n) is 6.41. The molecule has 0 radical (unpaired) electrons. The maximum atomic E-state index is 14.1. The average Bonchev–Trinajstić information content (AvgIpc) is 3.33. The van der Waals surface area contributed by atoms with E-state index in [-0.39, 0.29) is 43.2 Å². The molecule has 4 N–H and O–H groups in total. The van der Waals surface area contributed by atoms with E-state index in [0.717, 1.165) is 5.56 Å². The lowest BCUT2D eigenvalue weighted by atomic mass is 9.86. The summed E-state index contributed by atoms with van der Waals surface area (Å²) in [6.07, 6.45) is 0.539. The number of carbonyl (C=O) groups is 2. The van der Waals surface area contributed by atoms with Crippen LogP contribution in [0, 0.1) is 11.2 Å². The van der Waals surface area contributed by atoms with Crippen LogP contribution in [0.2, 0.25) is 0 Å². The van der Waals surface area contributed by atoms with Gasteiger partial charge in [0.2, 0.25) is 11.8 Å². The van der Waals surface area contributed by atoms with Gasteiger partial charge < -0.3 is 26.0 Å². The summed E-state index contributed by atoms with van der Waals surface area (Å²) in [5, 5.41) is 17.2. The maximum Gasteiger partial charge on any atom is 0.243 e. The minimum absolute atomic E-state index is 0. The number of β-amino-alcohol motifs (C(OH)–C–C–N with tert-alkyl or cyclic N) is 1. The highest BCUT2D eigenvalue weighted by Gasteiger charge is 2.43. The summed E-state index contributed by atoms with van der Waals surface area (Å²) in [7, 11) is 5.47. The van der Waals surface area contributed by atoms with Crippen LogP contribution >= 0.6 is 12.4 Å². The molecule has 2 amide bonds. The summed E-state index contributed by atoms with van der Waals surface area (Å²) in [4.78, 5) is 29.8. The lowest BCUT2D eigenvalue weighted by molar-refractivity contribution is -0.141. The number of nitrogens with two attached hydrogens (primary N) is 1. The van der Waals surface area contributed by atoms with E-state index in [0.29, 0.717) is 17.8 Å². The number of rotatable bonds is 7. The summed E-state index contributed by atoms with van der Waals surface area (Å²) in [5.74, 6) is -1.10. The Bertz CT molecular complexity index is 1030. The molecule has 0 unspecified atom stereocenters. The molecule has 11 heteroatoms. The number of hydrogen-bond acceptors (Lipinski definition) is 6. The topological polar surface area (TPSA) is 117 Å². The number of hydrogen-bond donors (Lipinski definition) is 3. The molecule has 9 nitrogen and oxygen atoms in total. The first kappa shape index (κ1) is 29.7. The van der Waals surface area contributed by atoms with Gasteiger partial charge in [0.1, 0.15) is 11.7 Å². The Hall–Kier alpha value is -2.53. The molecule has 0 aliphatic carbocycles. The van der Waals surface area contributed by atoms with Crippen LogP contribution in [-0.2, 0) is 16.6 Å². The van der Waals surface area contributed by atoms with Gasteiger partial charge in [0.25, 0.3) is 0 Å². The standard InChI is InChI=1S/C25H37FN6O3.ClH/c1-25(2,3)22(27)24(35)32-13-17(33)11-20(32)23(34)29-19(14-30(4)5)15-7-9-16(10-8-15)21-18(26)12-28-31(21)6;/h7-10,12,17,19-20,22,33H,11,13-14,27H2,1-6H3,(H,29,34);1H/t17-,19+,20+,22-;/m1./s1. The molecule has 3 rings (SSSR count). The number of likely N-dealkylation sites (tertiary alicyclic amines) is 1. The van der Waals surface area contributed by atoms with Gasteiger partial charge in [-0.2, -0.15) is 5.10 Å². The van der Waals surface area contributed by atoms with Crippen LogP contribution in [0.1, 0.15) is 38.8 Å². The zero-order valence-corrected chi connectivity index (χ0v) is 22.6. The van der Waals surface area contributed by atoms with Gasteiger partial charge >= 0.3 is 0 Å². The van der Waals surface area contributed by atoms with Gasteiger partial charge in [-0.15, -0.1) is 12.4 Å². The van der Waals surface area contributed by atoms with Crippen molar-refractivity contribution in [3.63, 3.8) is 0 Å². The van der Waals surface area contributed by atoms with Gasteiger partial charge in [0.05, 0.1) is 24.4 Å². The fourth-order valence-electron chi connectivity index (χ4n) is 4.33. The Morgan fingerprint density at radius 3 is 2.39 bits per heavy atom. The van der Waals surface area contributed by atoms with Crippen molar-refractivity contribution in [1.29, 1.82) is 0 Å². The second-order valence-corrected chi connectivity index (χ2v) is 10.6. The van der Waals surface area contributed by atoms with E-state index in [9.17, 15) is 19.1 Å². The Balaban J connectivity index is 0.00000456. The van der Waals surface area contributed by atoms with E-state index >= 15 is 0 Å². The van der Waals surface area contributed by atoms with Gasteiger partial charge in [-0.1, -0.05) is 45.0 Å². The molecule has 0 spiro atoms. The molecular weight excluding hydrogens is 487 g/mol. The van der Waals surface area contributed by atoms with E-state index in [1.54, 1.807) is 19.2 Å². The lowest BCUT2D eigenvalue weighted by Gasteiger charge is -2.33.